The second-order valence-corrected chi connectivity index (χ2v) is 7.29. The fraction of sp³-hybridized carbons (Fsp3) is 0.292. The molecule has 5 nitrogen and oxygen atoms in total. The summed E-state index contributed by atoms with van der Waals surface area (Å²) in [4.78, 5) is 25.5. The molecule has 0 radical (unpaired) electrons. The molecule has 150 valence electrons. The summed E-state index contributed by atoms with van der Waals surface area (Å²) in [5, 5.41) is 7.49. The highest BCUT2D eigenvalue weighted by molar-refractivity contribution is 5.93. The van der Waals surface area contributed by atoms with E-state index in [2.05, 4.69) is 17.3 Å². The standard InChI is InChI=1S/C24H27N3O2/c1-5-18-8-7-9-19(15-18)25-24(29)22(6-2)27-23(28)13-12-21(26-27)20-14-16(3)10-11-17(20)4/h7-15,22H,5-6H2,1-4H3,(H,25,29)/t22-/m1/s1. The van der Waals surface area contributed by atoms with E-state index in [0.29, 0.717) is 12.1 Å². The van der Waals surface area contributed by atoms with Crippen molar-refractivity contribution in [1.82, 2.24) is 9.78 Å². The number of aryl methyl sites for hydroxylation is 3. The number of carbonyl (C=O) groups is 1. The maximum atomic E-state index is 13.0. The second-order valence-electron chi connectivity index (χ2n) is 7.29. The molecular weight excluding hydrogens is 362 g/mol. The third-order valence-corrected chi connectivity index (χ3v) is 5.08. The van der Waals surface area contributed by atoms with Crippen molar-refractivity contribution < 1.29 is 4.79 Å². The predicted molar refractivity (Wildman–Crippen MR) is 117 cm³/mol. The molecular formula is C24H27N3O2. The monoisotopic (exact) mass is 389 g/mol. The molecule has 0 aliphatic heterocycles. The third-order valence-electron chi connectivity index (χ3n) is 5.08. The number of nitrogens with zero attached hydrogens (tertiary/aromatic N) is 2. The van der Waals surface area contributed by atoms with Crippen LogP contribution in [0, 0.1) is 13.8 Å². The Morgan fingerprint density at radius 3 is 2.59 bits per heavy atom. The van der Waals surface area contributed by atoms with Gasteiger partial charge in [-0.2, -0.15) is 5.10 Å². The third kappa shape index (κ3) is 4.62. The molecule has 0 saturated carbocycles. The van der Waals surface area contributed by atoms with Crippen LogP contribution in [0.5, 0.6) is 0 Å². The number of carbonyl (C=O) groups excluding carboxylic acids is 1. The lowest BCUT2D eigenvalue weighted by Gasteiger charge is -2.18. The summed E-state index contributed by atoms with van der Waals surface area (Å²) >= 11 is 0. The SMILES string of the molecule is CCc1cccc(NC(=O)[C@@H](CC)n2nc(-c3cc(C)ccc3C)ccc2=O)c1. The maximum absolute atomic E-state index is 13.0. The topological polar surface area (TPSA) is 64.0 Å². The first-order chi connectivity index (χ1) is 13.9. The lowest BCUT2D eigenvalue weighted by molar-refractivity contribution is -0.119. The van der Waals surface area contributed by atoms with Crippen molar-refractivity contribution in [3.8, 4) is 11.3 Å². The number of hydrogen-bond donors (Lipinski definition) is 1. The smallest absolute Gasteiger partial charge is 0.267 e. The van der Waals surface area contributed by atoms with Crippen molar-refractivity contribution in [1.29, 1.82) is 0 Å². The molecule has 3 rings (SSSR count). The van der Waals surface area contributed by atoms with Gasteiger partial charge in [0.2, 0.25) is 5.91 Å². The summed E-state index contributed by atoms with van der Waals surface area (Å²) in [7, 11) is 0. The molecule has 1 amide bonds. The van der Waals surface area contributed by atoms with Crippen molar-refractivity contribution >= 4 is 11.6 Å². The lowest BCUT2D eigenvalue weighted by Crippen LogP contribution is -2.34. The molecule has 1 atom stereocenters. The normalized spacial score (nSPS) is 11.9. The molecule has 3 aromatic rings. The first-order valence-corrected chi connectivity index (χ1v) is 10.00. The van der Waals surface area contributed by atoms with Gasteiger partial charge in [-0.1, -0.05) is 43.7 Å². The van der Waals surface area contributed by atoms with Gasteiger partial charge < -0.3 is 5.32 Å². The molecule has 0 unspecified atom stereocenters. The van der Waals surface area contributed by atoms with Gasteiger partial charge in [-0.25, -0.2) is 4.68 Å². The molecule has 0 spiro atoms. The van der Waals surface area contributed by atoms with Crippen molar-refractivity contribution in [2.75, 3.05) is 5.32 Å². The molecule has 0 aliphatic rings. The van der Waals surface area contributed by atoms with E-state index in [1.165, 1.54) is 10.7 Å². The van der Waals surface area contributed by atoms with Crippen molar-refractivity contribution in [3.63, 3.8) is 0 Å². The van der Waals surface area contributed by atoms with Crippen LogP contribution >= 0.6 is 0 Å². The number of rotatable bonds is 6. The Morgan fingerprint density at radius 1 is 1.07 bits per heavy atom. The zero-order chi connectivity index (χ0) is 21.0. The first kappa shape index (κ1) is 20.5. The summed E-state index contributed by atoms with van der Waals surface area (Å²) < 4.78 is 1.30. The highest BCUT2D eigenvalue weighted by atomic mass is 16.2. The van der Waals surface area contributed by atoms with Gasteiger partial charge in [-0.15, -0.1) is 0 Å². The molecule has 1 N–H and O–H groups in total. The molecule has 5 heteroatoms. The minimum Gasteiger partial charge on any atom is -0.324 e. The van der Waals surface area contributed by atoms with E-state index in [1.807, 2.05) is 63.2 Å². The second kappa shape index (κ2) is 8.86. The molecule has 2 aromatic carbocycles. The summed E-state index contributed by atoms with van der Waals surface area (Å²) in [6, 6.07) is 16.4. The highest BCUT2D eigenvalue weighted by Crippen LogP contribution is 2.23. The van der Waals surface area contributed by atoms with Gasteiger partial charge in [0.05, 0.1) is 5.69 Å². The fourth-order valence-corrected chi connectivity index (χ4v) is 3.37. The largest absolute Gasteiger partial charge is 0.324 e. The van der Waals surface area contributed by atoms with E-state index in [4.69, 9.17) is 0 Å². The molecule has 0 saturated heterocycles. The van der Waals surface area contributed by atoms with Gasteiger partial charge in [0.15, 0.2) is 0 Å². The van der Waals surface area contributed by atoms with Crippen molar-refractivity contribution in [2.24, 2.45) is 0 Å². The van der Waals surface area contributed by atoms with Crippen LogP contribution in [0.15, 0.2) is 59.4 Å². The molecule has 1 aromatic heterocycles. The number of hydrogen-bond acceptors (Lipinski definition) is 3. The van der Waals surface area contributed by atoms with Gasteiger partial charge in [0.25, 0.3) is 5.56 Å². The summed E-state index contributed by atoms with van der Waals surface area (Å²) in [6.45, 7) is 7.98. The van der Waals surface area contributed by atoms with Crippen LogP contribution in [0.3, 0.4) is 0 Å². The molecule has 0 bridgehead atoms. The Kier molecular flexibility index (Phi) is 6.27. The van der Waals surface area contributed by atoms with Gasteiger partial charge in [-0.05, 0) is 62.1 Å². The maximum Gasteiger partial charge on any atom is 0.267 e. The minimum atomic E-state index is -0.683. The zero-order valence-electron chi connectivity index (χ0n) is 17.4. The van der Waals surface area contributed by atoms with Crippen LogP contribution in [0.4, 0.5) is 5.69 Å². The van der Waals surface area contributed by atoms with Crippen LogP contribution in [0.2, 0.25) is 0 Å². The quantitative estimate of drug-likeness (QED) is 0.666. The van der Waals surface area contributed by atoms with Crippen molar-refractivity contribution in [3.05, 3.63) is 81.6 Å². The lowest BCUT2D eigenvalue weighted by atomic mass is 10.0. The Balaban J connectivity index is 1.95. The molecule has 29 heavy (non-hydrogen) atoms. The highest BCUT2D eigenvalue weighted by Gasteiger charge is 2.22. The number of anilines is 1. The summed E-state index contributed by atoms with van der Waals surface area (Å²) in [5.74, 6) is -0.242. The number of benzene rings is 2. The Hall–Kier alpha value is -3.21. The van der Waals surface area contributed by atoms with Crippen LogP contribution < -0.4 is 10.9 Å². The van der Waals surface area contributed by atoms with E-state index >= 15 is 0 Å². The average Bonchev–Trinajstić information content (AvgIpc) is 2.72. The summed E-state index contributed by atoms with van der Waals surface area (Å²) in [6.07, 6.45) is 1.35. The van der Waals surface area contributed by atoms with E-state index in [0.717, 1.165) is 34.4 Å². The molecule has 0 aliphatic carbocycles. The van der Waals surface area contributed by atoms with Gasteiger partial charge in [0.1, 0.15) is 6.04 Å². The van der Waals surface area contributed by atoms with Crippen molar-refractivity contribution in [2.45, 2.75) is 46.6 Å². The van der Waals surface area contributed by atoms with E-state index in [1.54, 1.807) is 6.07 Å². The van der Waals surface area contributed by atoms with E-state index < -0.39 is 6.04 Å². The summed E-state index contributed by atoms with van der Waals surface area (Å²) in [5.41, 5.74) is 5.42. The number of nitrogens with one attached hydrogen (secondary N) is 1. The first-order valence-electron chi connectivity index (χ1n) is 10.00. The van der Waals surface area contributed by atoms with E-state index in [9.17, 15) is 9.59 Å². The Bertz CT molecular complexity index is 1090. The molecule has 0 fully saturated rings. The average molecular weight is 389 g/mol. The zero-order valence-corrected chi connectivity index (χ0v) is 17.4. The van der Waals surface area contributed by atoms with Crippen LogP contribution in [0.1, 0.15) is 43.0 Å². The van der Waals surface area contributed by atoms with Crippen LogP contribution in [-0.2, 0) is 11.2 Å². The van der Waals surface area contributed by atoms with Crippen LogP contribution in [0.25, 0.3) is 11.3 Å². The van der Waals surface area contributed by atoms with Crippen LogP contribution in [-0.4, -0.2) is 15.7 Å². The van der Waals surface area contributed by atoms with Gasteiger partial charge in [-0.3, -0.25) is 9.59 Å². The number of amides is 1. The minimum absolute atomic E-state index is 0.242. The van der Waals surface area contributed by atoms with E-state index in [-0.39, 0.29) is 11.5 Å². The predicted octanol–water partition coefficient (Wildman–Crippen LogP) is 4.68. The molecule has 1 heterocycles. The van der Waals surface area contributed by atoms with Gasteiger partial charge >= 0.3 is 0 Å². The Labute approximate surface area is 171 Å². The number of aromatic nitrogens is 2. The van der Waals surface area contributed by atoms with Gasteiger partial charge in [0, 0.05) is 17.3 Å². The Morgan fingerprint density at radius 2 is 1.86 bits per heavy atom. The fourth-order valence-electron chi connectivity index (χ4n) is 3.37.